The highest BCUT2D eigenvalue weighted by Gasteiger charge is 2.04. The van der Waals surface area contributed by atoms with E-state index in [1.807, 2.05) is 13.0 Å². The maximum Gasteiger partial charge on any atom is 0.223 e. The maximum atomic E-state index is 13.4. The summed E-state index contributed by atoms with van der Waals surface area (Å²) in [5, 5.41) is 6.62. The predicted octanol–water partition coefficient (Wildman–Crippen LogP) is 2.44. The SMILES string of the molecule is Cc1ccc(NCc2noc(C)n2)c(F)c1. The van der Waals surface area contributed by atoms with Crippen LogP contribution in [0.1, 0.15) is 17.3 Å². The lowest BCUT2D eigenvalue weighted by atomic mass is 10.2. The lowest BCUT2D eigenvalue weighted by Gasteiger charge is -2.05. The van der Waals surface area contributed by atoms with Gasteiger partial charge in [-0.15, -0.1) is 0 Å². The van der Waals surface area contributed by atoms with E-state index < -0.39 is 0 Å². The molecule has 2 aromatic rings. The second-order valence-corrected chi connectivity index (χ2v) is 3.57. The van der Waals surface area contributed by atoms with Crippen LogP contribution in [0.2, 0.25) is 0 Å². The smallest absolute Gasteiger partial charge is 0.223 e. The third kappa shape index (κ3) is 2.36. The van der Waals surface area contributed by atoms with E-state index in [9.17, 15) is 4.39 Å². The summed E-state index contributed by atoms with van der Waals surface area (Å²) in [5.41, 5.74) is 1.33. The standard InChI is InChI=1S/C11H12FN3O/c1-7-3-4-10(9(12)5-7)13-6-11-14-8(2)16-15-11/h3-5,13H,6H2,1-2H3. The molecule has 16 heavy (non-hydrogen) atoms. The van der Waals surface area contributed by atoms with Crippen LogP contribution in [-0.4, -0.2) is 10.1 Å². The van der Waals surface area contributed by atoms with Crippen molar-refractivity contribution < 1.29 is 8.91 Å². The van der Waals surface area contributed by atoms with Gasteiger partial charge < -0.3 is 9.84 Å². The van der Waals surface area contributed by atoms with Crippen molar-refractivity contribution >= 4 is 5.69 Å². The number of halogens is 1. The highest BCUT2D eigenvalue weighted by molar-refractivity contribution is 5.46. The van der Waals surface area contributed by atoms with Gasteiger partial charge in [0.1, 0.15) is 5.82 Å². The average molecular weight is 221 g/mol. The number of aromatic nitrogens is 2. The van der Waals surface area contributed by atoms with E-state index in [0.29, 0.717) is 23.9 Å². The second kappa shape index (κ2) is 4.30. The van der Waals surface area contributed by atoms with Crippen molar-refractivity contribution in [2.45, 2.75) is 20.4 Å². The number of hydrogen-bond acceptors (Lipinski definition) is 4. The molecule has 0 amide bonds. The maximum absolute atomic E-state index is 13.4. The van der Waals surface area contributed by atoms with Crippen LogP contribution in [-0.2, 0) is 6.54 Å². The monoisotopic (exact) mass is 221 g/mol. The Morgan fingerprint density at radius 3 is 2.81 bits per heavy atom. The molecule has 5 heteroatoms. The van der Waals surface area contributed by atoms with Crippen molar-refractivity contribution in [1.82, 2.24) is 10.1 Å². The molecule has 1 heterocycles. The Labute approximate surface area is 92.5 Å². The molecule has 1 N–H and O–H groups in total. The molecule has 0 unspecified atom stereocenters. The summed E-state index contributed by atoms with van der Waals surface area (Å²) < 4.78 is 18.2. The molecule has 84 valence electrons. The van der Waals surface area contributed by atoms with Crippen LogP contribution in [0.5, 0.6) is 0 Å². The zero-order valence-corrected chi connectivity index (χ0v) is 9.12. The van der Waals surface area contributed by atoms with E-state index in [4.69, 9.17) is 4.52 Å². The van der Waals surface area contributed by atoms with E-state index in [2.05, 4.69) is 15.5 Å². The van der Waals surface area contributed by atoms with Crippen molar-refractivity contribution in [2.75, 3.05) is 5.32 Å². The van der Waals surface area contributed by atoms with Gasteiger partial charge in [-0.05, 0) is 24.6 Å². The van der Waals surface area contributed by atoms with Gasteiger partial charge in [-0.25, -0.2) is 4.39 Å². The molecule has 0 saturated carbocycles. The summed E-state index contributed by atoms with van der Waals surface area (Å²) in [6.07, 6.45) is 0. The van der Waals surface area contributed by atoms with Crippen LogP contribution in [0.3, 0.4) is 0 Å². The molecule has 0 bridgehead atoms. The van der Waals surface area contributed by atoms with Crippen LogP contribution in [0.25, 0.3) is 0 Å². The minimum Gasteiger partial charge on any atom is -0.375 e. The van der Waals surface area contributed by atoms with Crippen molar-refractivity contribution in [3.05, 3.63) is 41.3 Å². The molecule has 0 radical (unpaired) electrons. The molecule has 4 nitrogen and oxygen atoms in total. The number of hydrogen-bond donors (Lipinski definition) is 1. The van der Waals surface area contributed by atoms with Gasteiger partial charge in [-0.1, -0.05) is 11.2 Å². The van der Waals surface area contributed by atoms with Gasteiger partial charge in [0.15, 0.2) is 5.82 Å². The third-order valence-corrected chi connectivity index (χ3v) is 2.13. The van der Waals surface area contributed by atoms with E-state index in [0.717, 1.165) is 5.56 Å². The lowest BCUT2D eigenvalue weighted by molar-refractivity contribution is 0.388. The highest BCUT2D eigenvalue weighted by Crippen LogP contribution is 2.15. The Morgan fingerprint density at radius 1 is 1.38 bits per heavy atom. The first-order chi connectivity index (χ1) is 7.65. The topological polar surface area (TPSA) is 51.0 Å². The first kappa shape index (κ1) is 10.6. The van der Waals surface area contributed by atoms with Gasteiger partial charge in [0.2, 0.25) is 5.89 Å². The highest BCUT2D eigenvalue weighted by atomic mass is 19.1. The number of benzene rings is 1. The predicted molar refractivity (Wildman–Crippen MR) is 57.5 cm³/mol. The molecule has 0 aliphatic heterocycles. The number of aryl methyl sites for hydroxylation is 2. The quantitative estimate of drug-likeness (QED) is 0.864. The summed E-state index contributed by atoms with van der Waals surface area (Å²) >= 11 is 0. The molecule has 0 atom stereocenters. The summed E-state index contributed by atoms with van der Waals surface area (Å²) in [6, 6.07) is 5.01. The summed E-state index contributed by atoms with van der Waals surface area (Å²) in [5.74, 6) is 0.735. The Kier molecular flexibility index (Phi) is 2.85. The van der Waals surface area contributed by atoms with Gasteiger partial charge in [-0.2, -0.15) is 4.98 Å². The van der Waals surface area contributed by atoms with Gasteiger partial charge in [-0.3, -0.25) is 0 Å². The van der Waals surface area contributed by atoms with Crippen LogP contribution in [0.4, 0.5) is 10.1 Å². The largest absolute Gasteiger partial charge is 0.375 e. The molecular formula is C11H12FN3O. The summed E-state index contributed by atoms with van der Waals surface area (Å²) in [7, 11) is 0. The summed E-state index contributed by atoms with van der Waals surface area (Å²) in [4.78, 5) is 4.01. The minimum absolute atomic E-state index is 0.278. The third-order valence-electron chi connectivity index (χ3n) is 2.13. The van der Waals surface area contributed by atoms with Gasteiger partial charge in [0.05, 0.1) is 12.2 Å². The van der Waals surface area contributed by atoms with Crippen LogP contribution in [0.15, 0.2) is 22.7 Å². The van der Waals surface area contributed by atoms with Crippen molar-refractivity contribution in [2.24, 2.45) is 0 Å². The van der Waals surface area contributed by atoms with Crippen molar-refractivity contribution in [3.63, 3.8) is 0 Å². The van der Waals surface area contributed by atoms with Gasteiger partial charge >= 0.3 is 0 Å². The van der Waals surface area contributed by atoms with Crippen LogP contribution >= 0.6 is 0 Å². The van der Waals surface area contributed by atoms with E-state index in [1.165, 1.54) is 6.07 Å². The zero-order chi connectivity index (χ0) is 11.5. The number of anilines is 1. The molecule has 0 spiro atoms. The van der Waals surface area contributed by atoms with Crippen LogP contribution < -0.4 is 5.32 Å². The van der Waals surface area contributed by atoms with Crippen molar-refractivity contribution in [3.8, 4) is 0 Å². The molecular weight excluding hydrogens is 209 g/mol. The molecule has 1 aromatic carbocycles. The summed E-state index contributed by atoms with van der Waals surface area (Å²) in [6.45, 7) is 3.90. The average Bonchev–Trinajstić information content (AvgIpc) is 2.63. The van der Waals surface area contributed by atoms with Crippen LogP contribution in [0, 0.1) is 19.7 Å². The molecule has 1 aromatic heterocycles. The first-order valence-electron chi connectivity index (χ1n) is 4.94. The fraction of sp³-hybridized carbons (Fsp3) is 0.273. The number of nitrogens with zero attached hydrogens (tertiary/aromatic N) is 2. The van der Waals surface area contributed by atoms with Gasteiger partial charge in [0, 0.05) is 6.92 Å². The fourth-order valence-electron chi connectivity index (χ4n) is 1.35. The zero-order valence-electron chi connectivity index (χ0n) is 9.12. The van der Waals surface area contributed by atoms with E-state index in [-0.39, 0.29) is 5.82 Å². The second-order valence-electron chi connectivity index (χ2n) is 3.57. The number of rotatable bonds is 3. The van der Waals surface area contributed by atoms with Gasteiger partial charge in [0.25, 0.3) is 0 Å². The molecule has 2 rings (SSSR count). The Bertz CT molecular complexity index is 496. The minimum atomic E-state index is -0.278. The molecule has 0 aliphatic carbocycles. The Morgan fingerprint density at radius 2 is 2.19 bits per heavy atom. The Hall–Kier alpha value is -1.91. The lowest BCUT2D eigenvalue weighted by Crippen LogP contribution is -2.03. The van der Waals surface area contributed by atoms with E-state index in [1.54, 1.807) is 13.0 Å². The first-order valence-corrected chi connectivity index (χ1v) is 4.94. The molecule has 0 fully saturated rings. The molecule has 0 saturated heterocycles. The number of nitrogens with one attached hydrogen (secondary N) is 1. The normalized spacial score (nSPS) is 10.4. The van der Waals surface area contributed by atoms with E-state index >= 15 is 0 Å². The van der Waals surface area contributed by atoms with Crippen molar-refractivity contribution in [1.29, 1.82) is 0 Å². The fourth-order valence-corrected chi connectivity index (χ4v) is 1.35. The molecule has 0 aliphatic rings. The Balaban J connectivity index is 2.04.